The minimum Gasteiger partial charge on any atom is -0.508 e. The molecule has 1 atom stereocenters. The van der Waals surface area contributed by atoms with Gasteiger partial charge in [0.15, 0.2) is 11.5 Å². The number of rotatable bonds is 3. The molecule has 2 aromatic rings. The molecule has 0 bridgehead atoms. The predicted octanol–water partition coefficient (Wildman–Crippen LogP) is 4.56. The number of halogens is 1. The Balaban J connectivity index is 2.21. The molecule has 0 radical (unpaired) electrons. The van der Waals surface area contributed by atoms with Gasteiger partial charge in [-0.15, -0.1) is 0 Å². The fourth-order valence-corrected chi connectivity index (χ4v) is 3.29. The number of benzene rings is 2. The van der Waals surface area contributed by atoms with Gasteiger partial charge in [0.1, 0.15) is 5.75 Å². The molecule has 0 fully saturated rings. The zero-order valence-electron chi connectivity index (χ0n) is 15.2. The lowest BCUT2D eigenvalue weighted by atomic mass is 9.82. The van der Waals surface area contributed by atoms with Crippen molar-refractivity contribution in [2.45, 2.75) is 26.8 Å². The molecule has 2 aromatic carbocycles. The predicted molar refractivity (Wildman–Crippen MR) is 104 cm³/mol. The molecule has 5 nitrogen and oxygen atoms in total. The molecule has 0 saturated carbocycles. The van der Waals surface area contributed by atoms with Crippen molar-refractivity contribution in [1.82, 2.24) is 0 Å². The highest BCUT2D eigenvalue weighted by atomic mass is 35.5. The van der Waals surface area contributed by atoms with Crippen LogP contribution in [-0.4, -0.2) is 21.9 Å². The Morgan fingerprint density at radius 3 is 2.26 bits per heavy atom. The normalized spacial score (nSPS) is 17.6. The van der Waals surface area contributed by atoms with Crippen LogP contribution < -0.4 is 4.90 Å². The Kier molecular flexibility index (Phi) is 4.74. The average Bonchev–Trinajstić information content (AvgIpc) is 2.85. The number of hydrogen-bond acceptors (Lipinski definition) is 4. The molecule has 1 aliphatic rings. The summed E-state index contributed by atoms with van der Waals surface area (Å²) in [6.07, 6.45) is 0. The summed E-state index contributed by atoms with van der Waals surface area (Å²) in [6.45, 7) is 5.20. The van der Waals surface area contributed by atoms with Crippen LogP contribution >= 0.6 is 11.6 Å². The van der Waals surface area contributed by atoms with E-state index in [4.69, 9.17) is 11.6 Å². The number of carbonyl (C=O) groups is 2. The number of phenols is 1. The maximum atomic E-state index is 13.0. The van der Waals surface area contributed by atoms with Crippen LogP contribution in [0, 0.1) is 5.41 Å². The summed E-state index contributed by atoms with van der Waals surface area (Å²) in [4.78, 5) is 27.3. The summed E-state index contributed by atoms with van der Waals surface area (Å²) in [6, 6.07) is 12.0. The van der Waals surface area contributed by atoms with Crippen LogP contribution in [0.15, 0.2) is 59.9 Å². The topological polar surface area (TPSA) is 77.8 Å². The third-order valence-corrected chi connectivity index (χ3v) is 4.66. The SMILES string of the molecule is CC(C)(C)C(=O)C1=C(O)C(=O)N(c2cccc(Cl)c2)C1c1ccc(O)cc1. The van der Waals surface area contributed by atoms with Crippen molar-refractivity contribution < 1.29 is 19.8 Å². The molecule has 140 valence electrons. The molecule has 2 N–H and O–H groups in total. The minimum absolute atomic E-state index is 0.0400. The second-order valence-electron chi connectivity index (χ2n) is 7.49. The maximum Gasteiger partial charge on any atom is 0.294 e. The molecule has 0 aromatic heterocycles. The number of phenolic OH excluding ortho intramolecular Hbond substituents is 1. The van der Waals surface area contributed by atoms with Crippen LogP contribution in [0.2, 0.25) is 5.02 Å². The first-order valence-corrected chi connectivity index (χ1v) is 8.85. The lowest BCUT2D eigenvalue weighted by molar-refractivity contribution is -0.123. The van der Waals surface area contributed by atoms with E-state index in [-0.39, 0.29) is 17.1 Å². The van der Waals surface area contributed by atoms with Crippen molar-refractivity contribution >= 4 is 29.0 Å². The van der Waals surface area contributed by atoms with Gasteiger partial charge in [0.2, 0.25) is 0 Å². The Bertz CT molecular complexity index is 941. The Hall–Kier alpha value is -2.79. The molecule has 3 rings (SSSR count). The monoisotopic (exact) mass is 385 g/mol. The van der Waals surface area contributed by atoms with E-state index in [0.717, 1.165) is 0 Å². The number of amides is 1. The number of nitrogens with zero attached hydrogens (tertiary/aromatic N) is 1. The zero-order chi connectivity index (χ0) is 19.9. The van der Waals surface area contributed by atoms with Crippen LogP contribution in [0.5, 0.6) is 5.75 Å². The van der Waals surface area contributed by atoms with Crippen molar-refractivity contribution in [2.75, 3.05) is 4.90 Å². The lowest BCUT2D eigenvalue weighted by Gasteiger charge is -2.29. The summed E-state index contributed by atoms with van der Waals surface area (Å²) >= 11 is 6.08. The minimum atomic E-state index is -0.816. The molecule has 1 heterocycles. The van der Waals surface area contributed by atoms with Gasteiger partial charge in [-0.3, -0.25) is 14.5 Å². The molecule has 27 heavy (non-hydrogen) atoms. The van der Waals surface area contributed by atoms with Crippen LogP contribution in [0.25, 0.3) is 0 Å². The summed E-state index contributed by atoms with van der Waals surface area (Å²) in [7, 11) is 0. The number of Topliss-reactive ketones (excluding diaryl/α,β-unsaturated/α-hetero) is 1. The lowest BCUT2D eigenvalue weighted by Crippen LogP contribution is -2.32. The first-order chi connectivity index (χ1) is 12.6. The van der Waals surface area contributed by atoms with E-state index in [9.17, 15) is 19.8 Å². The van der Waals surface area contributed by atoms with Crippen molar-refractivity contribution in [1.29, 1.82) is 0 Å². The highest BCUT2D eigenvalue weighted by molar-refractivity contribution is 6.31. The number of aliphatic hydroxyl groups excluding tert-OH is 1. The van der Waals surface area contributed by atoms with Crippen LogP contribution in [0.1, 0.15) is 32.4 Å². The number of aromatic hydroxyl groups is 1. The van der Waals surface area contributed by atoms with Gasteiger partial charge >= 0.3 is 0 Å². The largest absolute Gasteiger partial charge is 0.508 e. The summed E-state index contributed by atoms with van der Waals surface area (Å²) in [5, 5.41) is 20.6. The van der Waals surface area contributed by atoms with Crippen LogP contribution in [0.3, 0.4) is 0 Å². The van der Waals surface area contributed by atoms with Crippen LogP contribution in [0.4, 0.5) is 5.69 Å². The molecule has 0 aliphatic carbocycles. The number of anilines is 1. The highest BCUT2D eigenvalue weighted by Gasteiger charge is 2.46. The number of ketones is 1. The van der Waals surface area contributed by atoms with Crippen molar-refractivity contribution in [3.8, 4) is 5.75 Å². The Morgan fingerprint density at radius 2 is 1.70 bits per heavy atom. The Morgan fingerprint density at radius 1 is 1.07 bits per heavy atom. The highest BCUT2D eigenvalue weighted by Crippen LogP contribution is 2.43. The number of carbonyl (C=O) groups excluding carboxylic acids is 2. The standard InChI is InChI=1S/C21H20ClNO4/c1-21(2,3)19(26)16-17(12-7-9-15(24)10-8-12)23(20(27)18(16)25)14-6-4-5-13(22)11-14/h4-11,17,24-25H,1-3H3. The van der Waals surface area contributed by atoms with Gasteiger partial charge in [0.25, 0.3) is 5.91 Å². The quantitative estimate of drug-likeness (QED) is 0.811. The van der Waals surface area contributed by atoms with Crippen LogP contribution in [-0.2, 0) is 9.59 Å². The van der Waals surface area contributed by atoms with Gasteiger partial charge < -0.3 is 10.2 Å². The average molecular weight is 386 g/mol. The van der Waals surface area contributed by atoms with Gasteiger partial charge in [-0.05, 0) is 35.9 Å². The van der Waals surface area contributed by atoms with Gasteiger partial charge in [-0.1, -0.05) is 50.6 Å². The summed E-state index contributed by atoms with van der Waals surface area (Å²) < 4.78 is 0. The molecule has 0 spiro atoms. The van der Waals surface area contributed by atoms with Crippen molar-refractivity contribution in [3.05, 3.63) is 70.4 Å². The molecule has 0 saturated heterocycles. The summed E-state index contributed by atoms with van der Waals surface area (Å²) in [5.41, 5.74) is 0.313. The first kappa shape index (κ1) is 19.0. The van der Waals surface area contributed by atoms with E-state index in [1.807, 2.05) is 0 Å². The Labute approximate surface area is 162 Å². The van der Waals surface area contributed by atoms with Gasteiger partial charge in [-0.25, -0.2) is 0 Å². The third kappa shape index (κ3) is 3.43. The third-order valence-electron chi connectivity index (χ3n) is 4.43. The van der Waals surface area contributed by atoms with E-state index in [1.54, 1.807) is 57.2 Å². The molecule has 6 heteroatoms. The summed E-state index contributed by atoms with van der Waals surface area (Å²) in [5.74, 6) is -1.49. The van der Waals surface area contributed by atoms with E-state index in [1.165, 1.54) is 17.0 Å². The maximum absolute atomic E-state index is 13.0. The fourth-order valence-electron chi connectivity index (χ4n) is 3.11. The second kappa shape index (κ2) is 6.74. The van der Waals surface area contributed by atoms with Gasteiger partial charge in [-0.2, -0.15) is 0 Å². The number of aliphatic hydroxyl groups is 1. The fraction of sp³-hybridized carbons (Fsp3) is 0.238. The van der Waals surface area contributed by atoms with Gasteiger partial charge in [0, 0.05) is 16.1 Å². The molecular weight excluding hydrogens is 366 g/mol. The second-order valence-corrected chi connectivity index (χ2v) is 7.93. The molecular formula is C21H20ClNO4. The molecule has 1 amide bonds. The van der Waals surface area contributed by atoms with Crippen molar-refractivity contribution in [3.63, 3.8) is 0 Å². The van der Waals surface area contributed by atoms with Gasteiger partial charge in [0.05, 0.1) is 11.6 Å². The smallest absolute Gasteiger partial charge is 0.294 e. The zero-order valence-corrected chi connectivity index (χ0v) is 16.0. The van der Waals surface area contributed by atoms with E-state index >= 15 is 0 Å². The molecule has 1 aliphatic heterocycles. The number of hydrogen-bond donors (Lipinski definition) is 2. The molecule has 1 unspecified atom stereocenters. The van der Waals surface area contributed by atoms with E-state index in [0.29, 0.717) is 16.3 Å². The van der Waals surface area contributed by atoms with E-state index < -0.39 is 23.1 Å². The van der Waals surface area contributed by atoms with E-state index in [2.05, 4.69) is 0 Å². The van der Waals surface area contributed by atoms with Crippen molar-refractivity contribution in [2.24, 2.45) is 5.41 Å². The first-order valence-electron chi connectivity index (χ1n) is 8.47.